The number of rotatable bonds is 5. The van der Waals surface area contributed by atoms with E-state index in [1.54, 1.807) is 14.0 Å². The van der Waals surface area contributed by atoms with Crippen LogP contribution in [0.15, 0.2) is 4.99 Å². The normalized spacial score (nSPS) is 27.2. The summed E-state index contributed by atoms with van der Waals surface area (Å²) in [6.45, 7) is 10.3. The van der Waals surface area contributed by atoms with Gasteiger partial charge in [0.1, 0.15) is 5.54 Å². The minimum Gasteiger partial charge on any atom is -0.343 e. The number of hydrogen-bond donors (Lipinski definition) is 1. The highest BCUT2D eigenvalue weighted by Gasteiger charge is 2.46. The number of aliphatic imine (C=N–C) groups is 1. The van der Waals surface area contributed by atoms with Gasteiger partial charge in [0.2, 0.25) is 11.9 Å². The number of hydrogen-bond acceptors (Lipinski definition) is 3. The summed E-state index contributed by atoms with van der Waals surface area (Å²) in [4.78, 5) is 32.3. The maximum absolute atomic E-state index is 12.9. The molecule has 136 valence electrons. The summed E-state index contributed by atoms with van der Waals surface area (Å²) in [5.74, 6) is 2.02. The summed E-state index contributed by atoms with van der Waals surface area (Å²) in [6.07, 6.45) is 3.82. The molecule has 2 amide bonds. The molecule has 2 aliphatic heterocycles. The lowest BCUT2D eigenvalue weighted by molar-refractivity contribution is -0.131. The van der Waals surface area contributed by atoms with Gasteiger partial charge in [0.25, 0.3) is 5.91 Å². The summed E-state index contributed by atoms with van der Waals surface area (Å²) >= 11 is 0. The van der Waals surface area contributed by atoms with E-state index < -0.39 is 5.54 Å². The monoisotopic (exact) mass is 336 g/mol. The number of guanidine groups is 1. The van der Waals surface area contributed by atoms with Crippen LogP contribution in [0.1, 0.15) is 53.4 Å². The molecule has 0 bridgehead atoms. The van der Waals surface area contributed by atoms with Gasteiger partial charge in [-0.05, 0) is 44.4 Å². The van der Waals surface area contributed by atoms with Crippen LogP contribution >= 0.6 is 0 Å². The lowest BCUT2D eigenvalue weighted by Gasteiger charge is -2.32. The molecule has 2 heterocycles. The van der Waals surface area contributed by atoms with E-state index in [9.17, 15) is 9.59 Å². The maximum Gasteiger partial charge on any atom is 0.254 e. The van der Waals surface area contributed by atoms with Crippen LogP contribution in [0, 0.1) is 11.8 Å². The summed E-state index contributed by atoms with van der Waals surface area (Å²) in [7, 11) is 1.73. The number of nitrogens with one attached hydrogen (secondary N) is 1. The average molecular weight is 336 g/mol. The van der Waals surface area contributed by atoms with E-state index in [-0.39, 0.29) is 11.8 Å². The predicted octanol–water partition coefficient (Wildman–Crippen LogP) is 1.86. The molecule has 1 atom stereocenters. The average Bonchev–Trinajstić information content (AvgIpc) is 2.76. The Morgan fingerprint density at radius 3 is 2.50 bits per heavy atom. The molecule has 6 heteroatoms. The molecule has 2 aliphatic rings. The molecule has 0 saturated carbocycles. The molecule has 2 fully saturated rings. The van der Waals surface area contributed by atoms with E-state index >= 15 is 0 Å². The molecule has 6 nitrogen and oxygen atoms in total. The Labute approximate surface area is 145 Å². The van der Waals surface area contributed by atoms with Crippen molar-refractivity contribution in [3.63, 3.8) is 0 Å². The van der Waals surface area contributed by atoms with Crippen LogP contribution in [0.25, 0.3) is 0 Å². The molecule has 0 aromatic carbocycles. The topological polar surface area (TPSA) is 65.0 Å². The molecule has 2 rings (SSSR count). The quantitative estimate of drug-likeness (QED) is 0.833. The van der Waals surface area contributed by atoms with Crippen molar-refractivity contribution in [3.05, 3.63) is 0 Å². The lowest BCUT2D eigenvalue weighted by Crippen LogP contribution is -2.45. The number of amides is 2. The number of carbonyl (C=O) groups excluding carboxylic acids is 2. The SMILES string of the molecule is CN=C1NC(C)(CC(C)C)C(=O)N1CCC1CCN(C(C)=O)CC1. The summed E-state index contributed by atoms with van der Waals surface area (Å²) in [6, 6.07) is 0. The minimum atomic E-state index is -0.541. The highest BCUT2D eigenvalue weighted by Crippen LogP contribution is 2.27. The van der Waals surface area contributed by atoms with Crippen molar-refractivity contribution in [1.29, 1.82) is 0 Å². The summed E-state index contributed by atoms with van der Waals surface area (Å²) < 4.78 is 0. The predicted molar refractivity (Wildman–Crippen MR) is 95.7 cm³/mol. The molecular weight excluding hydrogens is 304 g/mol. The second-order valence-electron chi connectivity index (χ2n) is 7.80. The van der Waals surface area contributed by atoms with E-state index in [0.717, 1.165) is 38.8 Å². The third-order valence-corrected chi connectivity index (χ3v) is 5.21. The van der Waals surface area contributed by atoms with Crippen molar-refractivity contribution in [2.24, 2.45) is 16.8 Å². The minimum absolute atomic E-state index is 0.137. The molecule has 0 aliphatic carbocycles. The fraction of sp³-hybridized carbons (Fsp3) is 0.833. The highest BCUT2D eigenvalue weighted by atomic mass is 16.2. The van der Waals surface area contributed by atoms with Crippen molar-refractivity contribution < 1.29 is 9.59 Å². The Morgan fingerprint density at radius 2 is 2.00 bits per heavy atom. The number of piperidine rings is 1. The van der Waals surface area contributed by atoms with Gasteiger partial charge in [0, 0.05) is 33.6 Å². The molecule has 0 aromatic heterocycles. The van der Waals surface area contributed by atoms with Crippen LogP contribution in [0.5, 0.6) is 0 Å². The van der Waals surface area contributed by atoms with Crippen LogP contribution in [0.3, 0.4) is 0 Å². The lowest BCUT2D eigenvalue weighted by atomic mass is 9.90. The number of nitrogens with zero attached hydrogens (tertiary/aromatic N) is 3. The first-order chi connectivity index (χ1) is 11.3. The molecule has 2 saturated heterocycles. The van der Waals surface area contributed by atoms with Crippen LogP contribution < -0.4 is 5.32 Å². The van der Waals surface area contributed by atoms with Crippen molar-refractivity contribution in [2.75, 3.05) is 26.7 Å². The molecule has 1 unspecified atom stereocenters. The second-order valence-corrected chi connectivity index (χ2v) is 7.80. The first-order valence-electron chi connectivity index (χ1n) is 9.09. The fourth-order valence-corrected chi connectivity index (χ4v) is 3.95. The number of likely N-dealkylation sites (tertiary alicyclic amines) is 1. The van der Waals surface area contributed by atoms with Crippen LogP contribution in [-0.4, -0.2) is 59.8 Å². The summed E-state index contributed by atoms with van der Waals surface area (Å²) in [5, 5.41) is 3.33. The van der Waals surface area contributed by atoms with E-state index in [1.165, 1.54) is 0 Å². The molecule has 0 radical (unpaired) electrons. The Balaban J connectivity index is 1.92. The largest absolute Gasteiger partial charge is 0.343 e. The van der Waals surface area contributed by atoms with Crippen molar-refractivity contribution >= 4 is 17.8 Å². The van der Waals surface area contributed by atoms with Crippen molar-refractivity contribution in [1.82, 2.24) is 15.1 Å². The molecule has 24 heavy (non-hydrogen) atoms. The molecule has 1 N–H and O–H groups in total. The van der Waals surface area contributed by atoms with Gasteiger partial charge in [0.15, 0.2) is 0 Å². The smallest absolute Gasteiger partial charge is 0.254 e. The molecular formula is C18H32N4O2. The van der Waals surface area contributed by atoms with Crippen LogP contribution in [-0.2, 0) is 9.59 Å². The Kier molecular flexibility index (Phi) is 5.88. The van der Waals surface area contributed by atoms with Gasteiger partial charge in [-0.2, -0.15) is 0 Å². The van der Waals surface area contributed by atoms with Gasteiger partial charge in [-0.1, -0.05) is 13.8 Å². The van der Waals surface area contributed by atoms with Gasteiger partial charge >= 0.3 is 0 Å². The van der Waals surface area contributed by atoms with Gasteiger partial charge in [-0.15, -0.1) is 0 Å². The van der Waals surface area contributed by atoms with Crippen LogP contribution in [0.4, 0.5) is 0 Å². The third-order valence-electron chi connectivity index (χ3n) is 5.21. The van der Waals surface area contributed by atoms with E-state index in [0.29, 0.717) is 24.3 Å². The Bertz CT molecular complexity index is 509. The molecule has 0 spiro atoms. The Morgan fingerprint density at radius 1 is 1.38 bits per heavy atom. The zero-order valence-corrected chi connectivity index (χ0v) is 15.8. The molecule has 0 aromatic rings. The van der Waals surface area contributed by atoms with Crippen LogP contribution in [0.2, 0.25) is 0 Å². The highest BCUT2D eigenvalue weighted by molar-refractivity contribution is 6.08. The Hall–Kier alpha value is -1.59. The standard InChI is InChI=1S/C18H32N4O2/c1-13(2)12-18(4)16(24)22(17(19-5)20-18)11-8-15-6-9-21(10-7-15)14(3)23/h13,15H,6-12H2,1-5H3,(H,19,20). The fourth-order valence-electron chi connectivity index (χ4n) is 3.95. The van der Waals surface area contributed by atoms with Gasteiger partial charge in [0.05, 0.1) is 0 Å². The third kappa shape index (κ3) is 4.08. The second kappa shape index (κ2) is 7.53. The summed E-state index contributed by atoms with van der Waals surface area (Å²) in [5.41, 5.74) is -0.541. The van der Waals surface area contributed by atoms with Gasteiger partial charge in [-0.3, -0.25) is 19.5 Å². The van der Waals surface area contributed by atoms with E-state index in [1.807, 2.05) is 16.7 Å². The number of carbonyl (C=O) groups is 2. The first kappa shape index (κ1) is 18.7. The van der Waals surface area contributed by atoms with Crippen molar-refractivity contribution in [3.8, 4) is 0 Å². The van der Waals surface area contributed by atoms with Gasteiger partial charge < -0.3 is 10.2 Å². The van der Waals surface area contributed by atoms with E-state index in [2.05, 4.69) is 24.2 Å². The maximum atomic E-state index is 12.9. The van der Waals surface area contributed by atoms with E-state index in [4.69, 9.17) is 0 Å². The zero-order valence-electron chi connectivity index (χ0n) is 15.8. The van der Waals surface area contributed by atoms with Gasteiger partial charge in [-0.25, -0.2) is 0 Å². The van der Waals surface area contributed by atoms with Crippen molar-refractivity contribution in [2.45, 2.75) is 58.9 Å². The first-order valence-corrected chi connectivity index (χ1v) is 9.09. The zero-order chi connectivity index (χ0) is 17.9.